The molecule has 0 aliphatic heterocycles. The fourth-order valence-corrected chi connectivity index (χ4v) is 2.36. The molecule has 0 saturated carbocycles. The molecule has 0 unspecified atom stereocenters. The Morgan fingerprint density at radius 3 is 2.57 bits per heavy atom. The van der Waals surface area contributed by atoms with Crippen LogP contribution in [0, 0.1) is 17.8 Å². The van der Waals surface area contributed by atoms with Crippen LogP contribution in [-0.4, -0.2) is 12.5 Å². The van der Waals surface area contributed by atoms with Crippen LogP contribution in [-0.2, 0) is 4.79 Å². The molecule has 0 heterocycles. The molecule has 3 N–H and O–H groups in total. The van der Waals surface area contributed by atoms with Crippen molar-refractivity contribution < 1.29 is 4.79 Å². The third kappa shape index (κ3) is 5.79. The second-order valence-electron chi connectivity index (χ2n) is 4.96. The first kappa shape index (κ1) is 17.6. The van der Waals surface area contributed by atoms with Crippen LogP contribution in [0.25, 0.3) is 0 Å². The van der Waals surface area contributed by atoms with E-state index in [-0.39, 0.29) is 18.4 Å². The SMILES string of the molecule is CCCC(CCC)C(=O)Nc1ccc(Cl)c(C#CCN)c1. The van der Waals surface area contributed by atoms with Gasteiger partial charge in [0.2, 0.25) is 5.91 Å². The molecule has 0 aliphatic carbocycles. The minimum Gasteiger partial charge on any atom is -0.326 e. The van der Waals surface area contributed by atoms with Crippen LogP contribution >= 0.6 is 11.6 Å². The number of carbonyl (C=O) groups is 1. The van der Waals surface area contributed by atoms with E-state index in [0.717, 1.165) is 31.4 Å². The zero-order valence-corrected chi connectivity index (χ0v) is 13.5. The fourth-order valence-electron chi connectivity index (χ4n) is 2.19. The monoisotopic (exact) mass is 306 g/mol. The summed E-state index contributed by atoms with van der Waals surface area (Å²) in [4.78, 5) is 12.3. The maximum Gasteiger partial charge on any atom is 0.227 e. The number of rotatable bonds is 6. The number of amides is 1. The Morgan fingerprint density at radius 1 is 1.33 bits per heavy atom. The molecule has 0 saturated heterocycles. The van der Waals surface area contributed by atoms with Crippen molar-refractivity contribution in [3.8, 4) is 11.8 Å². The van der Waals surface area contributed by atoms with E-state index in [9.17, 15) is 4.79 Å². The number of nitrogens with two attached hydrogens (primary N) is 1. The van der Waals surface area contributed by atoms with Crippen LogP contribution in [0.3, 0.4) is 0 Å². The summed E-state index contributed by atoms with van der Waals surface area (Å²) in [6.45, 7) is 4.47. The maximum atomic E-state index is 12.3. The molecule has 0 fully saturated rings. The van der Waals surface area contributed by atoms with Gasteiger partial charge in [-0.25, -0.2) is 0 Å². The first-order chi connectivity index (χ1) is 10.1. The molecular formula is C17H23ClN2O. The van der Waals surface area contributed by atoms with Gasteiger partial charge >= 0.3 is 0 Å². The Kier molecular flexibility index (Phi) is 7.89. The van der Waals surface area contributed by atoms with Crippen LogP contribution in [0.5, 0.6) is 0 Å². The number of anilines is 1. The molecule has 0 bridgehead atoms. The van der Waals surface area contributed by atoms with Gasteiger partial charge in [-0.15, -0.1) is 0 Å². The van der Waals surface area contributed by atoms with Gasteiger partial charge in [0.05, 0.1) is 11.6 Å². The van der Waals surface area contributed by atoms with Crippen molar-refractivity contribution in [2.24, 2.45) is 11.7 Å². The Labute approximate surface area is 132 Å². The molecule has 0 atom stereocenters. The molecule has 21 heavy (non-hydrogen) atoms. The highest BCUT2D eigenvalue weighted by atomic mass is 35.5. The quantitative estimate of drug-likeness (QED) is 0.785. The predicted octanol–water partition coefficient (Wildman–Crippen LogP) is 3.81. The van der Waals surface area contributed by atoms with Gasteiger partial charge in [-0.2, -0.15) is 0 Å². The smallest absolute Gasteiger partial charge is 0.227 e. The van der Waals surface area contributed by atoms with Gasteiger partial charge < -0.3 is 11.1 Å². The van der Waals surface area contributed by atoms with Crippen LogP contribution in [0.4, 0.5) is 5.69 Å². The number of hydrogen-bond acceptors (Lipinski definition) is 2. The molecule has 1 aromatic carbocycles. The molecule has 4 heteroatoms. The third-order valence-electron chi connectivity index (χ3n) is 3.20. The lowest BCUT2D eigenvalue weighted by Crippen LogP contribution is -2.22. The first-order valence-corrected chi connectivity index (χ1v) is 7.79. The van der Waals surface area contributed by atoms with Crippen molar-refractivity contribution in [1.82, 2.24) is 0 Å². The maximum absolute atomic E-state index is 12.3. The number of halogens is 1. The van der Waals surface area contributed by atoms with E-state index < -0.39 is 0 Å². The van der Waals surface area contributed by atoms with E-state index in [4.69, 9.17) is 17.3 Å². The summed E-state index contributed by atoms with van der Waals surface area (Å²) in [6.07, 6.45) is 3.83. The number of nitrogens with one attached hydrogen (secondary N) is 1. The van der Waals surface area contributed by atoms with Crippen molar-refractivity contribution in [1.29, 1.82) is 0 Å². The second kappa shape index (κ2) is 9.44. The average Bonchev–Trinajstić information content (AvgIpc) is 2.47. The molecule has 0 radical (unpaired) electrons. The van der Waals surface area contributed by atoms with E-state index in [1.165, 1.54) is 0 Å². The van der Waals surface area contributed by atoms with Crippen molar-refractivity contribution in [3.05, 3.63) is 28.8 Å². The number of hydrogen-bond donors (Lipinski definition) is 2. The molecule has 1 rings (SSSR count). The average molecular weight is 307 g/mol. The minimum absolute atomic E-state index is 0.0641. The van der Waals surface area contributed by atoms with E-state index in [1.54, 1.807) is 18.2 Å². The van der Waals surface area contributed by atoms with E-state index in [0.29, 0.717) is 10.6 Å². The van der Waals surface area contributed by atoms with E-state index in [2.05, 4.69) is 31.0 Å². The fraction of sp³-hybridized carbons (Fsp3) is 0.471. The van der Waals surface area contributed by atoms with Crippen LogP contribution in [0.15, 0.2) is 18.2 Å². The Hall–Kier alpha value is -1.50. The Balaban J connectivity index is 2.84. The topological polar surface area (TPSA) is 55.1 Å². The van der Waals surface area contributed by atoms with Gasteiger partial charge in [0.1, 0.15) is 0 Å². The lowest BCUT2D eigenvalue weighted by atomic mass is 9.97. The van der Waals surface area contributed by atoms with E-state index >= 15 is 0 Å². The van der Waals surface area contributed by atoms with Crippen molar-refractivity contribution in [2.75, 3.05) is 11.9 Å². The molecule has 1 amide bonds. The van der Waals surface area contributed by atoms with Crippen LogP contribution in [0.1, 0.15) is 45.1 Å². The molecule has 3 nitrogen and oxygen atoms in total. The summed E-state index contributed by atoms with van der Waals surface area (Å²) in [5, 5.41) is 3.52. The van der Waals surface area contributed by atoms with Gasteiger partial charge in [0.15, 0.2) is 0 Å². The summed E-state index contributed by atoms with van der Waals surface area (Å²) in [7, 11) is 0. The summed E-state index contributed by atoms with van der Waals surface area (Å²) in [5.74, 6) is 5.81. The largest absolute Gasteiger partial charge is 0.326 e. The van der Waals surface area contributed by atoms with Gasteiger partial charge in [-0.05, 0) is 31.0 Å². The van der Waals surface area contributed by atoms with Crippen LogP contribution in [0.2, 0.25) is 5.02 Å². The highest BCUT2D eigenvalue weighted by Crippen LogP contribution is 2.22. The zero-order valence-electron chi connectivity index (χ0n) is 12.7. The zero-order chi connectivity index (χ0) is 15.7. The molecule has 114 valence electrons. The minimum atomic E-state index is 0.0641. The van der Waals surface area contributed by atoms with Gasteiger partial charge in [0, 0.05) is 17.2 Å². The van der Waals surface area contributed by atoms with Crippen molar-refractivity contribution in [3.63, 3.8) is 0 Å². The van der Waals surface area contributed by atoms with Gasteiger partial charge in [0.25, 0.3) is 0 Å². The molecule has 0 spiro atoms. The standard InChI is InChI=1S/C17H23ClN2O/c1-3-6-13(7-4-2)17(21)20-15-9-10-16(18)14(12-15)8-5-11-19/h9-10,12-13H,3-4,6-7,11,19H2,1-2H3,(H,20,21). The highest BCUT2D eigenvalue weighted by Gasteiger charge is 2.16. The summed E-state index contributed by atoms with van der Waals surface area (Å²) in [6, 6.07) is 5.33. The number of benzene rings is 1. The summed E-state index contributed by atoms with van der Waals surface area (Å²) < 4.78 is 0. The molecule has 0 aliphatic rings. The number of carbonyl (C=O) groups excluding carboxylic acids is 1. The summed E-state index contributed by atoms with van der Waals surface area (Å²) >= 11 is 6.07. The highest BCUT2D eigenvalue weighted by molar-refractivity contribution is 6.31. The molecule has 1 aromatic rings. The second-order valence-corrected chi connectivity index (χ2v) is 5.37. The van der Waals surface area contributed by atoms with Crippen LogP contribution < -0.4 is 11.1 Å². The normalized spacial score (nSPS) is 10.1. The first-order valence-electron chi connectivity index (χ1n) is 7.41. The van der Waals surface area contributed by atoms with Crippen molar-refractivity contribution in [2.45, 2.75) is 39.5 Å². The van der Waals surface area contributed by atoms with E-state index in [1.807, 2.05) is 0 Å². The summed E-state index contributed by atoms with van der Waals surface area (Å²) in [5.41, 5.74) is 6.77. The van der Waals surface area contributed by atoms with Gasteiger partial charge in [-0.3, -0.25) is 4.79 Å². The lowest BCUT2D eigenvalue weighted by Gasteiger charge is -2.15. The van der Waals surface area contributed by atoms with Crippen molar-refractivity contribution >= 4 is 23.2 Å². The Morgan fingerprint density at radius 2 is 2.00 bits per heavy atom. The lowest BCUT2D eigenvalue weighted by molar-refractivity contribution is -0.120. The van der Waals surface area contributed by atoms with Gasteiger partial charge in [-0.1, -0.05) is 50.1 Å². The molecule has 0 aromatic heterocycles. The predicted molar refractivity (Wildman–Crippen MR) is 89.3 cm³/mol. The third-order valence-corrected chi connectivity index (χ3v) is 3.53. The Bertz CT molecular complexity index is 525. The molecular weight excluding hydrogens is 284 g/mol.